The van der Waals surface area contributed by atoms with Gasteiger partial charge in [0.15, 0.2) is 0 Å². The maximum absolute atomic E-state index is 11.9. The number of benzene rings is 1. The zero-order valence-corrected chi connectivity index (χ0v) is 14.7. The number of esters is 1. The minimum absolute atomic E-state index is 0.353. The molecule has 5 nitrogen and oxygen atoms in total. The first-order valence-corrected chi connectivity index (χ1v) is 8.22. The summed E-state index contributed by atoms with van der Waals surface area (Å²) in [6, 6.07) is 9.45. The number of ether oxygens (including phenoxy) is 2. The summed E-state index contributed by atoms with van der Waals surface area (Å²) >= 11 is 1.57. The van der Waals surface area contributed by atoms with Gasteiger partial charge in [0.2, 0.25) is 0 Å². The Morgan fingerprint density at radius 2 is 1.91 bits per heavy atom. The van der Waals surface area contributed by atoms with E-state index in [9.17, 15) is 9.59 Å². The van der Waals surface area contributed by atoms with Gasteiger partial charge in [-0.15, -0.1) is 11.8 Å². The molecular weight excluding hydrogens is 314 g/mol. The van der Waals surface area contributed by atoms with Crippen molar-refractivity contribution in [3.63, 3.8) is 0 Å². The zero-order valence-electron chi connectivity index (χ0n) is 13.9. The van der Waals surface area contributed by atoms with E-state index >= 15 is 0 Å². The van der Waals surface area contributed by atoms with Crippen LogP contribution in [0.2, 0.25) is 0 Å². The molecule has 6 heteroatoms. The van der Waals surface area contributed by atoms with Gasteiger partial charge in [0.05, 0.1) is 13.2 Å². The molecule has 0 spiro atoms. The average Bonchev–Trinajstić information content (AvgIpc) is 2.48. The number of hydrogen-bond donors (Lipinski definition) is 1. The van der Waals surface area contributed by atoms with Gasteiger partial charge in [0.1, 0.15) is 5.60 Å². The van der Waals surface area contributed by atoms with Crippen LogP contribution < -0.4 is 5.32 Å². The first-order valence-electron chi connectivity index (χ1n) is 7.23. The highest BCUT2D eigenvalue weighted by atomic mass is 32.2. The number of amides is 1. The van der Waals surface area contributed by atoms with Crippen molar-refractivity contribution < 1.29 is 19.1 Å². The molecule has 0 saturated carbocycles. The summed E-state index contributed by atoms with van der Waals surface area (Å²) in [7, 11) is 1.31. The van der Waals surface area contributed by atoms with Gasteiger partial charge in [0.25, 0.3) is 0 Å². The van der Waals surface area contributed by atoms with Crippen molar-refractivity contribution in [1.29, 1.82) is 0 Å². The van der Waals surface area contributed by atoms with Crippen LogP contribution in [-0.2, 0) is 14.3 Å². The maximum Gasteiger partial charge on any atom is 0.408 e. The lowest BCUT2D eigenvalue weighted by Crippen LogP contribution is -2.39. The van der Waals surface area contributed by atoms with E-state index in [-0.39, 0.29) is 6.04 Å². The minimum atomic E-state index is -0.576. The molecule has 0 aromatic heterocycles. The molecule has 1 unspecified atom stereocenters. The third-order valence-electron chi connectivity index (χ3n) is 2.54. The van der Waals surface area contributed by atoms with Gasteiger partial charge in [-0.3, -0.25) is 0 Å². The van der Waals surface area contributed by atoms with Crippen LogP contribution in [0.5, 0.6) is 0 Å². The molecule has 0 radical (unpaired) electrons. The molecule has 126 valence electrons. The van der Waals surface area contributed by atoms with Crippen molar-refractivity contribution in [3.8, 4) is 0 Å². The number of alkyl carbamates (subject to hydrolysis) is 1. The largest absolute Gasteiger partial charge is 0.466 e. The number of rotatable bonds is 6. The minimum Gasteiger partial charge on any atom is -0.466 e. The van der Waals surface area contributed by atoms with Crippen molar-refractivity contribution in [2.45, 2.75) is 37.3 Å². The fraction of sp³-hybridized carbons (Fsp3) is 0.412. The number of carbonyl (C=O) groups is 2. The van der Waals surface area contributed by atoms with Gasteiger partial charge >= 0.3 is 12.1 Å². The van der Waals surface area contributed by atoms with Crippen LogP contribution in [0.3, 0.4) is 0 Å². The Hall–Kier alpha value is -1.95. The van der Waals surface area contributed by atoms with Crippen molar-refractivity contribution in [2.75, 3.05) is 12.9 Å². The van der Waals surface area contributed by atoms with Crippen LogP contribution in [0.1, 0.15) is 20.8 Å². The third kappa shape index (κ3) is 8.93. The lowest BCUT2D eigenvalue weighted by Gasteiger charge is -2.22. The highest BCUT2D eigenvalue weighted by Crippen LogP contribution is 2.18. The predicted octanol–water partition coefficient (Wildman–Crippen LogP) is 3.40. The van der Waals surface area contributed by atoms with Gasteiger partial charge in [0, 0.05) is 16.7 Å². The quantitative estimate of drug-likeness (QED) is 0.490. The standard InChI is InChI=1S/C17H23NO4S/c1-17(2,3)22-16(20)18-13(10-11-15(19)21-4)12-23-14-8-6-5-7-9-14/h5-11,13H,12H2,1-4H3,(H,18,20). The smallest absolute Gasteiger partial charge is 0.408 e. The van der Waals surface area contributed by atoms with E-state index < -0.39 is 17.7 Å². The van der Waals surface area contributed by atoms with E-state index in [0.29, 0.717) is 5.75 Å². The average molecular weight is 337 g/mol. The van der Waals surface area contributed by atoms with Gasteiger partial charge in [-0.2, -0.15) is 0 Å². The summed E-state index contributed by atoms with van der Waals surface area (Å²) in [6.07, 6.45) is 2.38. The molecule has 1 amide bonds. The Labute approximate surface area is 141 Å². The number of carbonyl (C=O) groups excluding carboxylic acids is 2. The zero-order chi connectivity index (χ0) is 17.3. The third-order valence-corrected chi connectivity index (χ3v) is 3.67. The number of hydrogen-bond acceptors (Lipinski definition) is 5. The molecule has 0 bridgehead atoms. The van der Waals surface area contributed by atoms with E-state index in [1.165, 1.54) is 13.2 Å². The molecular formula is C17H23NO4S. The van der Waals surface area contributed by atoms with E-state index in [1.807, 2.05) is 30.3 Å². The van der Waals surface area contributed by atoms with Gasteiger partial charge < -0.3 is 14.8 Å². The lowest BCUT2D eigenvalue weighted by molar-refractivity contribution is -0.134. The topological polar surface area (TPSA) is 64.6 Å². The first kappa shape index (κ1) is 19.1. The Kier molecular flexibility index (Phi) is 7.68. The van der Waals surface area contributed by atoms with Crippen LogP contribution in [0, 0.1) is 0 Å². The normalized spacial score (nSPS) is 12.7. The summed E-state index contributed by atoms with van der Waals surface area (Å²) in [4.78, 5) is 24.2. The number of nitrogens with one attached hydrogen (secondary N) is 1. The first-order chi connectivity index (χ1) is 10.8. The fourth-order valence-corrected chi connectivity index (χ4v) is 2.49. The highest BCUT2D eigenvalue weighted by Gasteiger charge is 2.18. The lowest BCUT2D eigenvalue weighted by atomic mass is 10.2. The Morgan fingerprint density at radius 3 is 2.48 bits per heavy atom. The monoisotopic (exact) mass is 337 g/mol. The molecule has 0 saturated heterocycles. The molecule has 1 atom stereocenters. The predicted molar refractivity (Wildman–Crippen MR) is 91.5 cm³/mol. The summed E-state index contributed by atoms with van der Waals surface area (Å²) < 4.78 is 9.82. The number of methoxy groups -OCH3 is 1. The van der Waals surface area contributed by atoms with Crippen molar-refractivity contribution in [3.05, 3.63) is 42.5 Å². The van der Waals surface area contributed by atoms with Gasteiger partial charge in [-0.25, -0.2) is 9.59 Å². The van der Waals surface area contributed by atoms with Crippen molar-refractivity contribution in [2.24, 2.45) is 0 Å². The molecule has 0 aliphatic heterocycles. The molecule has 1 rings (SSSR count). The van der Waals surface area contributed by atoms with Crippen LogP contribution >= 0.6 is 11.8 Å². The second-order valence-electron chi connectivity index (χ2n) is 5.76. The van der Waals surface area contributed by atoms with E-state index in [2.05, 4.69) is 10.1 Å². The second kappa shape index (κ2) is 9.25. The van der Waals surface area contributed by atoms with Crippen LogP contribution in [-0.4, -0.2) is 36.6 Å². The molecule has 1 aromatic rings. The van der Waals surface area contributed by atoms with Crippen LogP contribution in [0.15, 0.2) is 47.4 Å². The van der Waals surface area contributed by atoms with E-state index in [4.69, 9.17) is 4.74 Å². The highest BCUT2D eigenvalue weighted by molar-refractivity contribution is 7.99. The molecule has 0 aliphatic rings. The van der Waals surface area contributed by atoms with Crippen molar-refractivity contribution in [1.82, 2.24) is 5.32 Å². The Morgan fingerprint density at radius 1 is 1.26 bits per heavy atom. The molecule has 1 aromatic carbocycles. The van der Waals surface area contributed by atoms with Crippen molar-refractivity contribution >= 4 is 23.8 Å². The summed E-state index contributed by atoms with van der Waals surface area (Å²) in [5, 5.41) is 2.75. The Balaban J connectivity index is 2.66. The SMILES string of the molecule is COC(=O)C=CC(CSc1ccccc1)NC(=O)OC(C)(C)C. The summed E-state index contributed by atoms with van der Waals surface area (Å²) in [6.45, 7) is 5.39. The van der Waals surface area contributed by atoms with Gasteiger partial charge in [-0.1, -0.05) is 24.3 Å². The summed E-state index contributed by atoms with van der Waals surface area (Å²) in [5.41, 5.74) is -0.576. The number of thioether (sulfide) groups is 1. The van der Waals surface area contributed by atoms with Crippen LogP contribution in [0.25, 0.3) is 0 Å². The summed E-state index contributed by atoms with van der Waals surface area (Å²) in [5.74, 6) is 0.0993. The van der Waals surface area contributed by atoms with Gasteiger partial charge in [-0.05, 0) is 32.9 Å². The van der Waals surface area contributed by atoms with E-state index in [0.717, 1.165) is 4.90 Å². The van der Waals surface area contributed by atoms with E-state index in [1.54, 1.807) is 38.6 Å². The maximum atomic E-state index is 11.9. The fourth-order valence-electron chi connectivity index (χ4n) is 1.57. The molecule has 0 aliphatic carbocycles. The molecule has 23 heavy (non-hydrogen) atoms. The molecule has 0 heterocycles. The Bertz CT molecular complexity index is 537. The van der Waals surface area contributed by atoms with Crippen LogP contribution in [0.4, 0.5) is 4.79 Å². The molecule has 0 fully saturated rings. The molecule has 1 N–H and O–H groups in total. The second-order valence-corrected chi connectivity index (χ2v) is 6.85.